The highest BCUT2D eigenvalue weighted by Gasteiger charge is 2.25. The van der Waals surface area contributed by atoms with E-state index in [1.165, 1.54) is 0 Å². The number of thiophene rings is 1. The smallest absolute Gasteiger partial charge is 0.233 e. The maximum Gasteiger partial charge on any atom is 0.233 e. The number of nitrogens with two attached hydrogens (primary N) is 1. The van der Waals surface area contributed by atoms with E-state index in [1.807, 2.05) is 31.4 Å². The van der Waals surface area contributed by atoms with E-state index in [0.29, 0.717) is 19.5 Å². The van der Waals surface area contributed by atoms with Crippen molar-refractivity contribution >= 4 is 23.1 Å². The van der Waals surface area contributed by atoms with Gasteiger partial charge in [-0.2, -0.15) is 0 Å². The zero-order valence-corrected chi connectivity index (χ0v) is 11.5. The molecule has 18 heavy (non-hydrogen) atoms. The second kappa shape index (κ2) is 7.00. The van der Waals surface area contributed by atoms with Gasteiger partial charge in [0.25, 0.3) is 0 Å². The van der Waals surface area contributed by atoms with Crippen molar-refractivity contribution in [2.45, 2.75) is 26.8 Å². The third-order valence-electron chi connectivity index (χ3n) is 2.80. The van der Waals surface area contributed by atoms with Crippen LogP contribution in [0, 0.1) is 5.92 Å². The van der Waals surface area contributed by atoms with Crippen molar-refractivity contribution in [3.63, 3.8) is 0 Å². The van der Waals surface area contributed by atoms with Crippen LogP contribution in [0.25, 0.3) is 0 Å². The lowest BCUT2D eigenvalue weighted by Crippen LogP contribution is -2.41. The first-order valence-corrected chi connectivity index (χ1v) is 6.80. The van der Waals surface area contributed by atoms with Crippen LogP contribution in [0.3, 0.4) is 0 Å². The SMILES string of the molecule is CCC(C(=O)N(CC)Cc1cccs1)C(N)=NO. The molecule has 1 aromatic rings. The lowest BCUT2D eigenvalue weighted by Gasteiger charge is -2.24. The predicted octanol–water partition coefficient (Wildman–Crippen LogP) is 1.87. The normalized spacial score (nSPS) is 13.3. The molecule has 0 aliphatic rings. The summed E-state index contributed by atoms with van der Waals surface area (Å²) in [5.41, 5.74) is 5.55. The minimum Gasteiger partial charge on any atom is -0.409 e. The molecule has 6 heteroatoms. The Morgan fingerprint density at radius 1 is 1.61 bits per heavy atom. The van der Waals surface area contributed by atoms with Crippen LogP contribution < -0.4 is 5.73 Å². The molecule has 5 nitrogen and oxygen atoms in total. The Morgan fingerprint density at radius 3 is 2.78 bits per heavy atom. The number of carbonyl (C=O) groups excluding carboxylic acids is 1. The molecule has 3 N–H and O–H groups in total. The lowest BCUT2D eigenvalue weighted by molar-refractivity contribution is -0.133. The molecule has 1 atom stereocenters. The lowest BCUT2D eigenvalue weighted by atomic mass is 10.0. The van der Waals surface area contributed by atoms with Gasteiger partial charge >= 0.3 is 0 Å². The minimum absolute atomic E-state index is 0.0212. The van der Waals surface area contributed by atoms with E-state index in [2.05, 4.69) is 5.16 Å². The van der Waals surface area contributed by atoms with Crippen LogP contribution in [-0.4, -0.2) is 28.4 Å². The van der Waals surface area contributed by atoms with Crippen molar-refractivity contribution < 1.29 is 10.0 Å². The number of amidine groups is 1. The van der Waals surface area contributed by atoms with Gasteiger partial charge in [0, 0.05) is 11.4 Å². The fourth-order valence-electron chi connectivity index (χ4n) is 1.74. The molecule has 0 aromatic carbocycles. The molecular weight excluding hydrogens is 250 g/mol. The molecule has 1 aromatic heterocycles. The van der Waals surface area contributed by atoms with Gasteiger partial charge in [-0.3, -0.25) is 4.79 Å². The number of carbonyl (C=O) groups is 1. The van der Waals surface area contributed by atoms with Gasteiger partial charge in [-0.1, -0.05) is 18.1 Å². The number of hydrogen-bond donors (Lipinski definition) is 2. The van der Waals surface area contributed by atoms with Gasteiger partial charge < -0.3 is 15.8 Å². The average Bonchev–Trinajstić information content (AvgIpc) is 2.89. The van der Waals surface area contributed by atoms with Gasteiger partial charge in [0.2, 0.25) is 5.91 Å². The van der Waals surface area contributed by atoms with Crippen molar-refractivity contribution in [2.24, 2.45) is 16.8 Å². The summed E-state index contributed by atoms with van der Waals surface area (Å²) in [6.07, 6.45) is 0.523. The fourth-order valence-corrected chi connectivity index (χ4v) is 2.46. The molecule has 1 rings (SSSR count). The third-order valence-corrected chi connectivity index (χ3v) is 3.66. The summed E-state index contributed by atoms with van der Waals surface area (Å²) < 4.78 is 0. The third kappa shape index (κ3) is 3.46. The summed E-state index contributed by atoms with van der Waals surface area (Å²) in [6.45, 7) is 4.94. The van der Waals surface area contributed by atoms with Crippen molar-refractivity contribution in [2.75, 3.05) is 6.54 Å². The largest absolute Gasteiger partial charge is 0.409 e. The number of nitrogens with zero attached hydrogens (tertiary/aromatic N) is 2. The molecule has 0 aliphatic carbocycles. The van der Waals surface area contributed by atoms with Gasteiger partial charge in [0.05, 0.1) is 12.5 Å². The Hall–Kier alpha value is -1.56. The topological polar surface area (TPSA) is 78.9 Å². The molecule has 0 aliphatic heterocycles. The quantitative estimate of drug-likeness (QED) is 0.358. The molecule has 0 radical (unpaired) electrons. The summed E-state index contributed by atoms with van der Waals surface area (Å²) in [5.74, 6) is -0.661. The molecule has 0 bridgehead atoms. The summed E-state index contributed by atoms with van der Waals surface area (Å²) in [5, 5.41) is 13.6. The van der Waals surface area contributed by atoms with Crippen LogP contribution in [0.2, 0.25) is 0 Å². The highest BCUT2D eigenvalue weighted by Crippen LogP contribution is 2.15. The summed E-state index contributed by atoms with van der Waals surface area (Å²) in [6, 6.07) is 3.95. The standard InChI is InChI=1S/C12H19N3O2S/c1-3-10(11(13)14-17)12(16)15(4-2)8-9-6-5-7-18-9/h5-7,10,17H,3-4,8H2,1-2H3,(H2,13,14). The second-order valence-electron chi connectivity index (χ2n) is 3.92. The molecule has 1 heterocycles. The second-order valence-corrected chi connectivity index (χ2v) is 4.95. The molecule has 1 amide bonds. The Morgan fingerprint density at radius 2 is 2.33 bits per heavy atom. The first-order valence-electron chi connectivity index (χ1n) is 5.92. The van der Waals surface area contributed by atoms with E-state index < -0.39 is 5.92 Å². The van der Waals surface area contributed by atoms with Crippen LogP contribution in [-0.2, 0) is 11.3 Å². The van der Waals surface area contributed by atoms with Gasteiger partial charge in [-0.05, 0) is 24.8 Å². The van der Waals surface area contributed by atoms with E-state index in [1.54, 1.807) is 16.2 Å². The van der Waals surface area contributed by atoms with Crippen molar-refractivity contribution in [1.82, 2.24) is 4.90 Å². The number of oxime groups is 1. The van der Waals surface area contributed by atoms with Crippen LogP contribution in [0.15, 0.2) is 22.7 Å². The van der Waals surface area contributed by atoms with E-state index in [4.69, 9.17) is 10.9 Å². The summed E-state index contributed by atoms with van der Waals surface area (Å²) in [4.78, 5) is 15.1. The molecule has 0 fully saturated rings. The fraction of sp³-hybridized carbons (Fsp3) is 0.500. The Kier molecular flexibility index (Phi) is 5.64. The Balaban J connectivity index is 2.77. The summed E-state index contributed by atoms with van der Waals surface area (Å²) in [7, 11) is 0. The molecule has 0 spiro atoms. The maximum absolute atomic E-state index is 12.3. The van der Waals surface area contributed by atoms with E-state index in [0.717, 1.165) is 4.88 Å². The van der Waals surface area contributed by atoms with Crippen LogP contribution in [0.5, 0.6) is 0 Å². The van der Waals surface area contributed by atoms with Gasteiger partial charge in [0.1, 0.15) is 0 Å². The molecule has 0 saturated carbocycles. The predicted molar refractivity (Wildman–Crippen MR) is 72.6 cm³/mol. The number of amides is 1. The van der Waals surface area contributed by atoms with Crippen LogP contribution in [0.4, 0.5) is 0 Å². The van der Waals surface area contributed by atoms with E-state index >= 15 is 0 Å². The number of hydrogen-bond acceptors (Lipinski definition) is 4. The zero-order valence-electron chi connectivity index (χ0n) is 10.7. The summed E-state index contributed by atoms with van der Waals surface area (Å²) >= 11 is 1.61. The maximum atomic E-state index is 12.3. The molecule has 1 unspecified atom stereocenters. The average molecular weight is 269 g/mol. The van der Waals surface area contributed by atoms with Crippen LogP contribution in [0.1, 0.15) is 25.1 Å². The molecular formula is C12H19N3O2S. The Labute approximate surface area is 111 Å². The van der Waals surface area contributed by atoms with E-state index in [-0.39, 0.29) is 11.7 Å². The highest BCUT2D eigenvalue weighted by atomic mass is 32.1. The number of rotatable bonds is 6. The van der Waals surface area contributed by atoms with Crippen LogP contribution >= 0.6 is 11.3 Å². The van der Waals surface area contributed by atoms with Crippen molar-refractivity contribution in [3.05, 3.63) is 22.4 Å². The minimum atomic E-state index is -0.546. The Bertz CT molecular complexity index is 403. The van der Waals surface area contributed by atoms with E-state index in [9.17, 15) is 4.79 Å². The monoisotopic (exact) mass is 269 g/mol. The van der Waals surface area contributed by atoms with Gasteiger partial charge in [-0.25, -0.2) is 0 Å². The van der Waals surface area contributed by atoms with Crippen molar-refractivity contribution in [3.8, 4) is 0 Å². The zero-order chi connectivity index (χ0) is 13.5. The highest BCUT2D eigenvalue weighted by molar-refractivity contribution is 7.09. The molecule has 0 saturated heterocycles. The first-order chi connectivity index (χ1) is 8.63. The molecule has 100 valence electrons. The van der Waals surface area contributed by atoms with Gasteiger partial charge in [-0.15, -0.1) is 11.3 Å². The van der Waals surface area contributed by atoms with Crippen molar-refractivity contribution in [1.29, 1.82) is 0 Å². The first kappa shape index (κ1) is 14.5. The van der Waals surface area contributed by atoms with Gasteiger partial charge in [0.15, 0.2) is 5.84 Å².